The van der Waals surface area contributed by atoms with Crippen molar-refractivity contribution in [3.63, 3.8) is 0 Å². The summed E-state index contributed by atoms with van der Waals surface area (Å²) >= 11 is 0. The molecule has 25 heavy (non-hydrogen) atoms. The number of likely N-dealkylation sites (N-methyl/N-ethyl adjacent to an activating group) is 1. The highest BCUT2D eigenvalue weighted by Gasteiger charge is 2.47. The number of benzene rings is 1. The van der Waals surface area contributed by atoms with Crippen LogP contribution >= 0.6 is 0 Å². The second-order valence-electron chi connectivity index (χ2n) is 7.15. The molecule has 0 unspecified atom stereocenters. The summed E-state index contributed by atoms with van der Waals surface area (Å²) in [5.41, 5.74) is -0.0622. The number of carbonyl (C=O) groups excluding carboxylic acids is 1. The van der Waals surface area contributed by atoms with Gasteiger partial charge in [0.2, 0.25) is 0 Å². The molecular formula is C19H28N2O4. The zero-order valence-corrected chi connectivity index (χ0v) is 15.1. The predicted octanol–water partition coefficient (Wildman–Crippen LogP) is 1.38. The van der Waals surface area contributed by atoms with E-state index in [9.17, 15) is 9.90 Å². The number of carbonyl (C=O) groups is 1. The van der Waals surface area contributed by atoms with E-state index in [2.05, 4.69) is 11.9 Å². The van der Waals surface area contributed by atoms with Gasteiger partial charge < -0.3 is 24.4 Å². The smallest absolute Gasteiger partial charge is 0.260 e. The van der Waals surface area contributed by atoms with Crippen LogP contribution in [0.5, 0.6) is 11.5 Å². The van der Waals surface area contributed by atoms with Gasteiger partial charge in [-0.05, 0) is 45.0 Å². The summed E-state index contributed by atoms with van der Waals surface area (Å²) in [6, 6.07) is 7.55. The molecule has 3 rings (SSSR count). The van der Waals surface area contributed by atoms with Crippen LogP contribution < -0.4 is 9.47 Å². The van der Waals surface area contributed by atoms with Crippen molar-refractivity contribution < 1.29 is 19.4 Å². The zero-order chi connectivity index (χ0) is 17.9. The number of nitrogens with zero attached hydrogens (tertiary/aromatic N) is 2. The first-order valence-electron chi connectivity index (χ1n) is 8.94. The van der Waals surface area contributed by atoms with Gasteiger partial charge in [-0.15, -0.1) is 0 Å². The van der Waals surface area contributed by atoms with Crippen molar-refractivity contribution in [2.45, 2.75) is 25.3 Å². The lowest BCUT2D eigenvalue weighted by molar-refractivity contribution is -0.141. The Bertz CT molecular complexity index is 609. The van der Waals surface area contributed by atoms with Gasteiger partial charge in [0.25, 0.3) is 5.91 Å². The fraction of sp³-hybridized carbons (Fsp3) is 0.632. The number of hydrogen-bond donors (Lipinski definition) is 1. The fourth-order valence-electron chi connectivity index (χ4n) is 4.21. The lowest BCUT2D eigenvalue weighted by Crippen LogP contribution is -2.62. The monoisotopic (exact) mass is 348 g/mol. The molecule has 2 fully saturated rings. The van der Waals surface area contributed by atoms with Crippen LogP contribution in [0.2, 0.25) is 0 Å². The van der Waals surface area contributed by atoms with Crippen LogP contribution in [0.4, 0.5) is 0 Å². The van der Waals surface area contributed by atoms with E-state index in [-0.39, 0.29) is 30.6 Å². The van der Waals surface area contributed by atoms with Crippen molar-refractivity contribution in [1.29, 1.82) is 0 Å². The summed E-state index contributed by atoms with van der Waals surface area (Å²) in [6.45, 7) is 2.56. The first-order chi connectivity index (χ1) is 12.1. The second kappa shape index (κ2) is 7.62. The Morgan fingerprint density at radius 3 is 2.76 bits per heavy atom. The van der Waals surface area contributed by atoms with E-state index in [1.165, 1.54) is 0 Å². The van der Waals surface area contributed by atoms with Crippen LogP contribution in [-0.2, 0) is 4.79 Å². The van der Waals surface area contributed by atoms with Crippen LogP contribution in [0.25, 0.3) is 0 Å². The third-order valence-corrected chi connectivity index (χ3v) is 5.79. The molecule has 2 atom stereocenters. The first kappa shape index (κ1) is 18.0. The highest BCUT2D eigenvalue weighted by molar-refractivity contribution is 5.78. The van der Waals surface area contributed by atoms with E-state index in [1.807, 2.05) is 23.1 Å². The van der Waals surface area contributed by atoms with Crippen molar-refractivity contribution in [2.75, 3.05) is 47.0 Å². The van der Waals surface area contributed by atoms with Crippen molar-refractivity contribution in [1.82, 2.24) is 9.80 Å². The van der Waals surface area contributed by atoms with Gasteiger partial charge >= 0.3 is 0 Å². The molecule has 2 aliphatic heterocycles. The molecule has 1 amide bonds. The van der Waals surface area contributed by atoms with Gasteiger partial charge in [0.1, 0.15) is 0 Å². The number of hydrogen-bond acceptors (Lipinski definition) is 5. The third-order valence-electron chi connectivity index (χ3n) is 5.79. The molecular weight excluding hydrogens is 320 g/mol. The Hall–Kier alpha value is -1.79. The zero-order valence-electron chi connectivity index (χ0n) is 15.1. The third kappa shape index (κ3) is 3.60. The van der Waals surface area contributed by atoms with Gasteiger partial charge in [0, 0.05) is 24.5 Å². The molecule has 0 radical (unpaired) electrons. The quantitative estimate of drug-likeness (QED) is 0.871. The van der Waals surface area contributed by atoms with Gasteiger partial charge in [0.05, 0.1) is 13.7 Å². The summed E-state index contributed by atoms with van der Waals surface area (Å²) in [4.78, 5) is 16.8. The topological polar surface area (TPSA) is 62.2 Å². The van der Waals surface area contributed by atoms with Crippen LogP contribution in [0.3, 0.4) is 0 Å². The standard InChI is InChI=1S/C19H28N2O4/c1-20-10-5-8-19(14-22)9-11-21(12-17(19)20)18(23)13-25-16-7-4-3-6-15(16)24-2/h3-4,6-7,17,22H,5,8-14H2,1-2H3/t17-,19-/m1/s1. The fourth-order valence-corrected chi connectivity index (χ4v) is 4.21. The van der Waals surface area contributed by atoms with Crippen molar-refractivity contribution >= 4 is 5.91 Å². The molecule has 0 aliphatic carbocycles. The normalized spacial score (nSPS) is 26.8. The molecule has 0 aromatic heterocycles. The number of rotatable bonds is 5. The van der Waals surface area contributed by atoms with E-state index in [4.69, 9.17) is 9.47 Å². The van der Waals surface area contributed by atoms with Gasteiger partial charge in [0.15, 0.2) is 18.1 Å². The van der Waals surface area contributed by atoms with Gasteiger partial charge in [-0.3, -0.25) is 4.79 Å². The summed E-state index contributed by atoms with van der Waals surface area (Å²) < 4.78 is 10.9. The second-order valence-corrected chi connectivity index (χ2v) is 7.15. The Morgan fingerprint density at radius 2 is 2.04 bits per heavy atom. The van der Waals surface area contributed by atoms with Gasteiger partial charge in [-0.2, -0.15) is 0 Å². The van der Waals surface area contributed by atoms with Crippen LogP contribution in [0, 0.1) is 5.41 Å². The lowest BCUT2D eigenvalue weighted by Gasteiger charge is -2.53. The minimum atomic E-state index is -0.0622. The van der Waals surface area contributed by atoms with E-state index >= 15 is 0 Å². The number of para-hydroxylation sites is 2. The first-order valence-corrected chi connectivity index (χ1v) is 8.94. The molecule has 2 saturated heterocycles. The molecule has 2 aliphatic rings. The molecule has 0 bridgehead atoms. The molecule has 6 heteroatoms. The van der Waals surface area contributed by atoms with Crippen molar-refractivity contribution in [3.05, 3.63) is 24.3 Å². The largest absolute Gasteiger partial charge is 0.493 e. The summed E-state index contributed by atoms with van der Waals surface area (Å²) in [5.74, 6) is 1.19. The predicted molar refractivity (Wildman–Crippen MR) is 94.9 cm³/mol. The highest BCUT2D eigenvalue weighted by atomic mass is 16.5. The van der Waals surface area contributed by atoms with Crippen LogP contribution in [0.1, 0.15) is 19.3 Å². The number of aliphatic hydroxyl groups is 1. The molecule has 0 spiro atoms. The van der Waals surface area contributed by atoms with Crippen LogP contribution in [0.15, 0.2) is 24.3 Å². The summed E-state index contributed by atoms with van der Waals surface area (Å²) in [7, 11) is 3.68. The van der Waals surface area contributed by atoms with E-state index in [0.717, 1.165) is 25.8 Å². The maximum atomic E-state index is 12.6. The molecule has 0 saturated carbocycles. The lowest BCUT2D eigenvalue weighted by atomic mass is 9.69. The molecule has 1 N–H and O–H groups in total. The van der Waals surface area contributed by atoms with E-state index in [0.29, 0.717) is 24.6 Å². The van der Waals surface area contributed by atoms with Crippen LogP contribution in [-0.4, -0.2) is 73.9 Å². The number of aliphatic hydroxyl groups excluding tert-OH is 1. The van der Waals surface area contributed by atoms with E-state index < -0.39 is 0 Å². The Morgan fingerprint density at radius 1 is 1.28 bits per heavy atom. The minimum absolute atomic E-state index is 0.00291. The molecule has 1 aromatic rings. The Balaban J connectivity index is 1.62. The minimum Gasteiger partial charge on any atom is -0.493 e. The maximum Gasteiger partial charge on any atom is 0.260 e. The summed E-state index contributed by atoms with van der Waals surface area (Å²) in [5, 5.41) is 9.96. The maximum absolute atomic E-state index is 12.6. The average Bonchev–Trinajstić information content (AvgIpc) is 2.66. The number of amides is 1. The van der Waals surface area contributed by atoms with Crippen molar-refractivity contribution in [3.8, 4) is 11.5 Å². The van der Waals surface area contributed by atoms with Gasteiger partial charge in [-0.1, -0.05) is 12.1 Å². The van der Waals surface area contributed by atoms with Crippen molar-refractivity contribution in [2.24, 2.45) is 5.41 Å². The molecule has 6 nitrogen and oxygen atoms in total. The SMILES string of the molecule is COc1ccccc1OCC(=O)N1CC[C@@]2(CO)CCCN(C)[C@@H]2C1. The number of likely N-dealkylation sites (tertiary alicyclic amines) is 2. The Labute approximate surface area is 149 Å². The number of ether oxygens (including phenoxy) is 2. The molecule has 1 aromatic carbocycles. The van der Waals surface area contributed by atoms with E-state index in [1.54, 1.807) is 13.2 Å². The van der Waals surface area contributed by atoms with Gasteiger partial charge in [-0.25, -0.2) is 0 Å². The number of piperidine rings is 2. The summed E-state index contributed by atoms with van der Waals surface area (Å²) in [6.07, 6.45) is 3.00. The number of fused-ring (bicyclic) bond motifs is 1. The molecule has 2 heterocycles. The highest BCUT2D eigenvalue weighted by Crippen LogP contribution is 2.41. The Kier molecular flexibility index (Phi) is 5.49. The molecule has 138 valence electrons. The number of methoxy groups -OCH3 is 1. The average molecular weight is 348 g/mol.